The molecule has 2 aromatic rings. The van der Waals surface area contributed by atoms with E-state index in [0.29, 0.717) is 5.22 Å². The Kier molecular flexibility index (Phi) is 4.04. The molecule has 0 amide bonds. The van der Waals surface area contributed by atoms with Gasteiger partial charge in [-0.1, -0.05) is 6.92 Å². The molecule has 0 spiro atoms. The molecule has 18 heavy (non-hydrogen) atoms. The maximum Gasteiger partial charge on any atom is 0.193 e. The number of hydrogen-bond acceptors (Lipinski definition) is 4. The molecule has 0 saturated heterocycles. The second-order valence-electron chi connectivity index (χ2n) is 4.29. The van der Waals surface area contributed by atoms with E-state index in [4.69, 9.17) is 16.0 Å². The second kappa shape index (κ2) is 5.54. The third kappa shape index (κ3) is 2.57. The normalized spacial score (nSPS) is 13.2. The molecule has 1 unspecified atom stereocenters. The van der Waals surface area contributed by atoms with Crippen molar-refractivity contribution < 1.29 is 4.42 Å². The first-order valence-electron chi connectivity index (χ1n) is 6.01. The zero-order valence-electron chi connectivity index (χ0n) is 10.7. The lowest BCUT2D eigenvalue weighted by Gasteiger charge is -2.17. The highest BCUT2D eigenvalue weighted by Gasteiger charge is 2.23. The van der Waals surface area contributed by atoms with Crippen LogP contribution in [-0.2, 0) is 0 Å². The third-order valence-electron chi connectivity index (χ3n) is 2.63. The summed E-state index contributed by atoms with van der Waals surface area (Å²) in [4.78, 5) is 4.33. The fraction of sp³-hybridized carbons (Fsp3) is 0.500. The number of aromatic nitrogens is 3. The fourth-order valence-electron chi connectivity index (χ4n) is 1.87. The van der Waals surface area contributed by atoms with Crippen LogP contribution in [0.3, 0.4) is 0 Å². The van der Waals surface area contributed by atoms with Crippen LogP contribution in [0.1, 0.15) is 44.4 Å². The van der Waals surface area contributed by atoms with Gasteiger partial charge in [-0.2, -0.15) is 5.10 Å². The van der Waals surface area contributed by atoms with Crippen LogP contribution in [0.25, 0.3) is 0 Å². The zero-order chi connectivity index (χ0) is 13.1. The van der Waals surface area contributed by atoms with E-state index < -0.39 is 0 Å². The molecule has 0 aromatic carbocycles. The Morgan fingerprint density at radius 3 is 2.78 bits per heavy atom. The SMILES string of the molecule is CCNC(c1ccc(Cl)o1)c1ncnn1C(C)C. The fourth-order valence-corrected chi connectivity index (χ4v) is 2.02. The second-order valence-corrected chi connectivity index (χ2v) is 4.66. The largest absolute Gasteiger partial charge is 0.448 e. The van der Waals surface area contributed by atoms with Crippen molar-refractivity contribution in [1.29, 1.82) is 0 Å². The predicted molar refractivity (Wildman–Crippen MR) is 69.6 cm³/mol. The van der Waals surface area contributed by atoms with Crippen molar-refractivity contribution in [2.45, 2.75) is 32.9 Å². The molecule has 2 rings (SSSR count). The van der Waals surface area contributed by atoms with Crippen LogP contribution in [0.4, 0.5) is 0 Å². The van der Waals surface area contributed by atoms with E-state index in [2.05, 4.69) is 29.2 Å². The van der Waals surface area contributed by atoms with Crippen LogP contribution in [0.15, 0.2) is 22.9 Å². The molecule has 1 N–H and O–H groups in total. The summed E-state index contributed by atoms with van der Waals surface area (Å²) in [7, 11) is 0. The minimum absolute atomic E-state index is 0.132. The zero-order valence-corrected chi connectivity index (χ0v) is 11.5. The standard InChI is InChI=1S/C12H17ClN4O/c1-4-14-11(9-5-6-10(13)18-9)12-15-7-16-17(12)8(2)3/h5-8,11,14H,4H2,1-3H3. The lowest BCUT2D eigenvalue weighted by molar-refractivity contribution is 0.411. The molecule has 2 aromatic heterocycles. The van der Waals surface area contributed by atoms with E-state index in [-0.39, 0.29) is 12.1 Å². The molecule has 6 heteroatoms. The van der Waals surface area contributed by atoms with Gasteiger partial charge in [0.05, 0.1) is 0 Å². The highest BCUT2D eigenvalue weighted by molar-refractivity contribution is 6.28. The smallest absolute Gasteiger partial charge is 0.193 e. The Morgan fingerprint density at radius 1 is 1.44 bits per heavy atom. The van der Waals surface area contributed by atoms with Crippen molar-refractivity contribution in [3.05, 3.63) is 35.3 Å². The van der Waals surface area contributed by atoms with Gasteiger partial charge in [0, 0.05) is 6.04 Å². The summed E-state index contributed by atoms with van der Waals surface area (Å²) >= 11 is 5.83. The Morgan fingerprint density at radius 2 is 2.22 bits per heavy atom. The summed E-state index contributed by atoms with van der Waals surface area (Å²) in [6.07, 6.45) is 1.56. The van der Waals surface area contributed by atoms with Crippen LogP contribution < -0.4 is 5.32 Å². The van der Waals surface area contributed by atoms with Gasteiger partial charge >= 0.3 is 0 Å². The minimum atomic E-state index is -0.132. The number of furan rings is 1. The van der Waals surface area contributed by atoms with Gasteiger partial charge in [0.2, 0.25) is 0 Å². The third-order valence-corrected chi connectivity index (χ3v) is 2.84. The van der Waals surface area contributed by atoms with Crippen molar-refractivity contribution in [2.75, 3.05) is 6.54 Å². The van der Waals surface area contributed by atoms with Crippen LogP contribution in [0.2, 0.25) is 5.22 Å². The van der Waals surface area contributed by atoms with Gasteiger partial charge < -0.3 is 9.73 Å². The molecule has 98 valence electrons. The molecule has 1 atom stereocenters. The number of hydrogen-bond donors (Lipinski definition) is 1. The predicted octanol–water partition coefficient (Wildman–Crippen LogP) is 2.80. The van der Waals surface area contributed by atoms with Gasteiger partial charge in [0.15, 0.2) is 11.0 Å². The number of rotatable bonds is 5. The maximum absolute atomic E-state index is 5.83. The number of nitrogens with zero attached hydrogens (tertiary/aromatic N) is 3. The van der Waals surface area contributed by atoms with Gasteiger partial charge in [-0.05, 0) is 44.1 Å². The summed E-state index contributed by atoms with van der Waals surface area (Å²) < 4.78 is 7.36. The summed E-state index contributed by atoms with van der Waals surface area (Å²) in [5.74, 6) is 1.58. The molecule has 0 saturated carbocycles. The van der Waals surface area contributed by atoms with Gasteiger partial charge in [0.1, 0.15) is 18.1 Å². The molecule has 0 fully saturated rings. The Hall–Kier alpha value is -1.33. The first-order chi connectivity index (χ1) is 8.63. The number of halogens is 1. The monoisotopic (exact) mass is 268 g/mol. The van der Waals surface area contributed by atoms with Crippen LogP contribution in [0.5, 0.6) is 0 Å². The van der Waals surface area contributed by atoms with Crippen molar-refractivity contribution >= 4 is 11.6 Å². The molecule has 5 nitrogen and oxygen atoms in total. The summed E-state index contributed by atoms with van der Waals surface area (Å²) in [6, 6.07) is 3.70. The van der Waals surface area contributed by atoms with Gasteiger partial charge in [-0.15, -0.1) is 0 Å². The van der Waals surface area contributed by atoms with Crippen molar-refractivity contribution in [2.24, 2.45) is 0 Å². The van der Waals surface area contributed by atoms with Crippen molar-refractivity contribution in [3.63, 3.8) is 0 Å². The van der Waals surface area contributed by atoms with E-state index in [1.54, 1.807) is 12.4 Å². The lowest BCUT2D eigenvalue weighted by atomic mass is 10.2. The van der Waals surface area contributed by atoms with E-state index in [9.17, 15) is 0 Å². The minimum Gasteiger partial charge on any atom is -0.448 e. The van der Waals surface area contributed by atoms with Crippen molar-refractivity contribution in [3.8, 4) is 0 Å². The van der Waals surface area contributed by atoms with Crippen molar-refractivity contribution in [1.82, 2.24) is 20.1 Å². The first-order valence-corrected chi connectivity index (χ1v) is 6.39. The highest BCUT2D eigenvalue weighted by Crippen LogP contribution is 2.25. The molecular formula is C12H17ClN4O. The topological polar surface area (TPSA) is 55.9 Å². The quantitative estimate of drug-likeness (QED) is 0.906. The Labute approximate surface area is 111 Å². The summed E-state index contributed by atoms with van der Waals surface area (Å²) in [6.45, 7) is 6.97. The van der Waals surface area contributed by atoms with E-state index in [0.717, 1.165) is 18.1 Å². The van der Waals surface area contributed by atoms with Crippen LogP contribution >= 0.6 is 11.6 Å². The van der Waals surface area contributed by atoms with E-state index >= 15 is 0 Å². The maximum atomic E-state index is 5.83. The van der Waals surface area contributed by atoms with Gasteiger partial charge in [0.25, 0.3) is 0 Å². The Balaban J connectivity index is 2.38. The summed E-state index contributed by atoms with van der Waals surface area (Å²) in [5, 5.41) is 7.95. The molecular weight excluding hydrogens is 252 g/mol. The van der Waals surface area contributed by atoms with Crippen LogP contribution in [-0.4, -0.2) is 21.3 Å². The molecule has 0 radical (unpaired) electrons. The Bertz CT molecular complexity index is 506. The molecule has 0 aliphatic rings. The van der Waals surface area contributed by atoms with E-state index in [1.807, 2.05) is 17.7 Å². The van der Waals surface area contributed by atoms with E-state index in [1.165, 1.54) is 0 Å². The molecule has 0 bridgehead atoms. The van der Waals surface area contributed by atoms with Gasteiger partial charge in [-0.3, -0.25) is 0 Å². The lowest BCUT2D eigenvalue weighted by Crippen LogP contribution is -2.26. The average molecular weight is 269 g/mol. The van der Waals surface area contributed by atoms with Gasteiger partial charge in [-0.25, -0.2) is 9.67 Å². The van der Waals surface area contributed by atoms with Crippen LogP contribution in [0, 0.1) is 0 Å². The first kappa shape index (κ1) is 13.1. The molecule has 0 aliphatic heterocycles. The molecule has 2 heterocycles. The number of nitrogens with one attached hydrogen (secondary N) is 1. The molecule has 0 aliphatic carbocycles. The average Bonchev–Trinajstić information content (AvgIpc) is 2.94. The summed E-state index contributed by atoms with van der Waals surface area (Å²) in [5.41, 5.74) is 0. The highest BCUT2D eigenvalue weighted by atomic mass is 35.5.